The van der Waals surface area contributed by atoms with Crippen molar-refractivity contribution in [1.82, 2.24) is 0 Å². The Kier molecular flexibility index (Phi) is 5.86. The molecule has 0 unspecified atom stereocenters. The van der Waals surface area contributed by atoms with Crippen LogP contribution < -0.4 is 0 Å². The summed E-state index contributed by atoms with van der Waals surface area (Å²) >= 11 is 6.03. The number of rotatable bonds is 6. The summed E-state index contributed by atoms with van der Waals surface area (Å²) in [5, 5.41) is 0.725. The van der Waals surface area contributed by atoms with E-state index in [-0.39, 0.29) is 5.97 Å². The van der Waals surface area contributed by atoms with Crippen molar-refractivity contribution in [1.29, 1.82) is 0 Å². The van der Waals surface area contributed by atoms with E-state index in [4.69, 9.17) is 16.3 Å². The second-order valence-corrected chi connectivity index (χ2v) is 6.29. The summed E-state index contributed by atoms with van der Waals surface area (Å²) in [6.45, 7) is 0.327. The standard InChI is InChI=1S/C22H19ClO2/c23-21-8-4-7-20(15-21)19-12-9-17(10-13-19)11-14-22(24)25-16-18-5-2-1-3-6-18/h1-10,12-13,15H,11,14,16H2. The summed E-state index contributed by atoms with van der Waals surface area (Å²) in [6.07, 6.45) is 1.05. The van der Waals surface area contributed by atoms with E-state index in [0.717, 1.165) is 27.3 Å². The summed E-state index contributed by atoms with van der Waals surface area (Å²) in [5.41, 5.74) is 4.31. The zero-order valence-electron chi connectivity index (χ0n) is 13.8. The number of benzene rings is 3. The molecule has 3 heteroatoms. The molecule has 2 nitrogen and oxygen atoms in total. The summed E-state index contributed by atoms with van der Waals surface area (Å²) in [6, 6.07) is 25.7. The van der Waals surface area contributed by atoms with E-state index < -0.39 is 0 Å². The van der Waals surface area contributed by atoms with Gasteiger partial charge in [-0.25, -0.2) is 0 Å². The van der Waals surface area contributed by atoms with Gasteiger partial charge in [-0.1, -0.05) is 78.3 Å². The fourth-order valence-corrected chi connectivity index (χ4v) is 2.78. The molecular formula is C22H19ClO2. The van der Waals surface area contributed by atoms with Crippen LogP contribution in [0.3, 0.4) is 0 Å². The monoisotopic (exact) mass is 350 g/mol. The highest BCUT2D eigenvalue weighted by Gasteiger charge is 2.05. The summed E-state index contributed by atoms with van der Waals surface area (Å²) in [7, 11) is 0. The lowest BCUT2D eigenvalue weighted by molar-refractivity contribution is -0.144. The van der Waals surface area contributed by atoms with Crippen molar-refractivity contribution in [3.63, 3.8) is 0 Å². The van der Waals surface area contributed by atoms with E-state index in [1.807, 2.05) is 66.7 Å². The Hall–Kier alpha value is -2.58. The molecule has 0 aliphatic carbocycles. The van der Waals surface area contributed by atoms with Crippen LogP contribution in [0.1, 0.15) is 17.5 Å². The molecule has 3 rings (SSSR count). The van der Waals surface area contributed by atoms with E-state index in [0.29, 0.717) is 19.4 Å². The number of halogens is 1. The number of hydrogen-bond acceptors (Lipinski definition) is 2. The van der Waals surface area contributed by atoms with Gasteiger partial charge in [-0.05, 0) is 40.8 Å². The number of carbonyl (C=O) groups is 1. The first-order valence-corrected chi connectivity index (χ1v) is 8.63. The summed E-state index contributed by atoms with van der Waals surface area (Å²) in [5.74, 6) is -0.178. The van der Waals surface area contributed by atoms with Crippen LogP contribution in [0.4, 0.5) is 0 Å². The van der Waals surface area contributed by atoms with Gasteiger partial charge >= 0.3 is 5.97 Å². The average molecular weight is 351 g/mol. The van der Waals surface area contributed by atoms with Gasteiger partial charge in [-0.15, -0.1) is 0 Å². The van der Waals surface area contributed by atoms with Crippen molar-refractivity contribution in [2.45, 2.75) is 19.4 Å². The molecule has 126 valence electrons. The molecule has 0 saturated carbocycles. The Balaban J connectivity index is 1.51. The quantitative estimate of drug-likeness (QED) is 0.534. The second-order valence-electron chi connectivity index (χ2n) is 5.85. The third-order valence-corrected chi connectivity index (χ3v) is 4.21. The molecule has 0 saturated heterocycles. The zero-order valence-corrected chi connectivity index (χ0v) is 14.6. The van der Waals surface area contributed by atoms with Crippen LogP contribution in [0.25, 0.3) is 11.1 Å². The predicted octanol–water partition coefficient (Wildman–Crippen LogP) is 5.68. The summed E-state index contributed by atoms with van der Waals surface area (Å²) in [4.78, 5) is 11.9. The predicted molar refractivity (Wildman–Crippen MR) is 101 cm³/mol. The highest BCUT2D eigenvalue weighted by molar-refractivity contribution is 6.30. The number of esters is 1. The van der Waals surface area contributed by atoms with Gasteiger partial charge in [0.25, 0.3) is 0 Å². The Morgan fingerprint density at radius 1 is 0.800 bits per heavy atom. The van der Waals surface area contributed by atoms with Crippen LogP contribution in [0.15, 0.2) is 78.9 Å². The van der Waals surface area contributed by atoms with Gasteiger partial charge in [0, 0.05) is 11.4 Å². The first kappa shape index (κ1) is 17.2. The largest absolute Gasteiger partial charge is 0.461 e. The van der Waals surface area contributed by atoms with Crippen molar-refractivity contribution in [3.05, 3.63) is 95.0 Å². The maximum absolute atomic E-state index is 11.9. The fourth-order valence-electron chi connectivity index (χ4n) is 2.59. The highest BCUT2D eigenvalue weighted by atomic mass is 35.5. The second kappa shape index (κ2) is 8.50. The number of aryl methyl sites for hydroxylation is 1. The Morgan fingerprint density at radius 3 is 2.28 bits per heavy atom. The molecule has 0 aliphatic heterocycles. The molecule has 0 bridgehead atoms. The molecule has 0 atom stereocenters. The van der Waals surface area contributed by atoms with E-state index in [9.17, 15) is 4.79 Å². The number of carbonyl (C=O) groups excluding carboxylic acids is 1. The van der Waals surface area contributed by atoms with E-state index in [1.165, 1.54) is 0 Å². The Morgan fingerprint density at radius 2 is 1.56 bits per heavy atom. The zero-order chi connectivity index (χ0) is 17.5. The normalized spacial score (nSPS) is 10.4. The summed E-state index contributed by atoms with van der Waals surface area (Å²) < 4.78 is 5.30. The van der Waals surface area contributed by atoms with Crippen molar-refractivity contribution in [3.8, 4) is 11.1 Å². The molecule has 0 aromatic heterocycles. The van der Waals surface area contributed by atoms with Gasteiger partial charge in [0.05, 0.1) is 0 Å². The molecular weight excluding hydrogens is 332 g/mol. The minimum Gasteiger partial charge on any atom is -0.461 e. The molecule has 0 fully saturated rings. The van der Waals surface area contributed by atoms with Crippen molar-refractivity contribution < 1.29 is 9.53 Å². The lowest BCUT2D eigenvalue weighted by Gasteiger charge is -2.06. The van der Waals surface area contributed by atoms with Gasteiger partial charge in [0.1, 0.15) is 6.61 Å². The number of hydrogen-bond donors (Lipinski definition) is 0. The van der Waals surface area contributed by atoms with E-state index in [1.54, 1.807) is 0 Å². The molecule has 0 aliphatic rings. The van der Waals surface area contributed by atoms with Crippen LogP contribution >= 0.6 is 11.6 Å². The highest BCUT2D eigenvalue weighted by Crippen LogP contribution is 2.23. The average Bonchev–Trinajstić information content (AvgIpc) is 2.66. The van der Waals surface area contributed by atoms with E-state index in [2.05, 4.69) is 12.1 Å². The minimum atomic E-state index is -0.178. The van der Waals surface area contributed by atoms with Gasteiger partial charge in [0.2, 0.25) is 0 Å². The molecule has 0 heterocycles. The minimum absolute atomic E-state index is 0.178. The molecule has 0 amide bonds. The first-order chi connectivity index (χ1) is 12.2. The van der Waals surface area contributed by atoms with Crippen molar-refractivity contribution >= 4 is 17.6 Å². The maximum Gasteiger partial charge on any atom is 0.306 e. The van der Waals surface area contributed by atoms with Crippen LogP contribution in [0.5, 0.6) is 0 Å². The van der Waals surface area contributed by atoms with E-state index >= 15 is 0 Å². The van der Waals surface area contributed by atoms with Gasteiger partial charge in [0.15, 0.2) is 0 Å². The topological polar surface area (TPSA) is 26.3 Å². The Bertz CT molecular complexity index is 826. The molecule has 0 N–H and O–H groups in total. The molecule has 25 heavy (non-hydrogen) atoms. The van der Waals surface area contributed by atoms with Crippen LogP contribution in [0, 0.1) is 0 Å². The van der Waals surface area contributed by atoms with Crippen molar-refractivity contribution in [2.75, 3.05) is 0 Å². The maximum atomic E-state index is 11.9. The molecule has 3 aromatic rings. The fraction of sp³-hybridized carbons (Fsp3) is 0.136. The van der Waals surface area contributed by atoms with Gasteiger partial charge in [-0.3, -0.25) is 4.79 Å². The van der Waals surface area contributed by atoms with Crippen LogP contribution in [0.2, 0.25) is 5.02 Å². The van der Waals surface area contributed by atoms with Gasteiger partial charge in [-0.2, -0.15) is 0 Å². The molecule has 0 radical (unpaired) electrons. The van der Waals surface area contributed by atoms with Crippen LogP contribution in [-0.2, 0) is 22.6 Å². The lowest BCUT2D eigenvalue weighted by Crippen LogP contribution is -2.05. The van der Waals surface area contributed by atoms with Crippen LogP contribution in [-0.4, -0.2) is 5.97 Å². The third kappa shape index (κ3) is 5.20. The SMILES string of the molecule is O=C(CCc1ccc(-c2cccc(Cl)c2)cc1)OCc1ccccc1. The molecule has 3 aromatic carbocycles. The number of ether oxygens (including phenoxy) is 1. The Labute approximate surface area is 153 Å². The van der Waals surface area contributed by atoms with Crippen molar-refractivity contribution in [2.24, 2.45) is 0 Å². The lowest BCUT2D eigenvalue weighted by atomic mass is 10.0. The smallest absolute Gasteiger partial charge is 0.306 e. The van der Waals surface area contributed by atoms with Gasteiger partial charge < -0.3 is 4.74 Å². The molecule has 0 spiro atoms. The third-order valence-electron chi connectivity index (χ3n) is 3.97. The first-order valence-electron chi connectivity index (χ1n) is 8.25.